The summed E-state index contributed by atoms with van der Waals surface area (Å²) in [6.45, 7) is 4.44. The molecule has 0 bridgehead atoms. The lowest BCUT2D eigenvalue weighted by atomic mass is 10.2. The van der Waals surface area contributed by atoms with E-state index in [2.05, 4.69) is 28.2 Å². The highest BCUT2D eigenvalue weighted by molar-refractivity contribution is 5.76. The fraction of sp³-hybridized carbons (Fsp3) is 0.409. The summed E-state index contributed by atoms with van der Waals surface area (Å²) < 4.78 is 5.93. The topological polar surface area (TPSA) is 48.1 Å². The van der Waals surface area contributed by atoms with E-state index in [0.717, 1.165) is 48.6 Å². The van der Waals surface area contributed by atoms with Gasteiger partial charge in [-0.3, -0.25) is 4.79 Å². The number of aldehydes is 1. The fourth-order valence-corrected chi connectivity index (χ4v) is 3.31. The number of para-hydroxylation sites is 2. The van der Waals surface area contributed by atoms with E-state index < -0.39 is 0 Å². The number of anilines is 2. The number of carbonyl (C=O) groups excluding carboxylic acids is 1. The summed E-state index contributed by atoms with van der Waals surface area (Å²) in [6, 6.07) is 15.6. The van der Waals surface area contributed by atoms with Crippen LogP contribution in [-0.2, 0) is 0 Å². The molecule has 1 fully saturated rings. The number of carbonyl (C=O) groups is 1. The maximum Gasteiger partial charge on any atom is 0.230 e. The lowest BCUT2D eigenvalue weighted by Gasteiger charge is -2.26. The largest absolute Gasteiger partial charge is 0.455 e. The third kappa shape index (κ3) is 5.24. The fourth-order valence-electron chi connectivity index (χ4n) is 3.31. The second-order valence-electron chi connectivity index (χ2n) is 7.41. The third-order valence-corrected chi connectivity index (χ3v) is 5.01. The van der Waals surface area contributed by atoms with Gasteiger partial charge in [0, 0.05) is 45.0 Å². The van der Waals surface area contributed by atoms with E-state index in [9.17, 15) is 4.79 Å². The summed E-state index contributed by atoms with van der Waals surface area (Å²) in [5, 5.41) is 3.43. The first kappa shape index (κ1) is 20.2. The van der Waals surface area contributed by atoms with E-state index in [1.165, 1.54) is 13.0 Å². The van der Waals surface area contributed by atoms with Crippen molar-refractivity contribution in [3.05, 3.63) is 54.1 Å². The molecule has 28 heavy (non-hydrogen) atoms. The van der Waals surface area contributed by atoms with Gasteiger partial charge in [0.05, 0.1) is 5.69 Å². The van der Waals surface area contributed by atoms with E-state index in [-0.39, 0.29) is 6.35 Å². The van der Waals surface area contributed by atoms with Crippen LogP contribution in [0.1, 0.15) is 16.8 Å². The van der Waals surface area contributed by atoms with Gasteiger partial charge in [-0.05, 0) is 44.3 Å². The van der Waals surface area contributed by atoms with Crippen LogP contribution < -0.4 is 15.0 Å². The maximum atomic E-state index is 10.4. The molecule has 2 heterocycles. The predicted molar refractivity (Wildman–Crippen MR) is 114 cm³/mol. The molecule has 0 aliphatic carbocycles. The minimum atomic E-state index is 0.0129. The first-order chi connectivity index (χ1) is 13.6. The average Bonchev–Trinajstić information content (AvgIpc) is 3.03. The number of fused-ring (bicyclic) bond motifs is 1. The van der Waals surface area contributed by atoms with Gasteiger partial charge in [0.25, 0.3) is 0 Å². The number of ether oxygens (including phenoxy) is 1. The Balaban J connectivity index is 0.000000178. The molecule has 4 rings (SSSR count). The predicted octanol–water partition coefficient (Wildman–Crippen LogP) is 2.98. The van der Waals surface area contributed by atoms with Gasteiger partial charge in [-0.25, -0.2) is 4.90 Å². The number of hydrogen-bond donors (Lipinski definition) is 1. The zero-order valence-corrected chi connectivity index (χ0v) is 17.0. The molecular weight excluding hydrogens is 352 g/mol. The van der Waals surface area contributed by atoms with Crippen molar-refractivity contribution >= 4 is 17.7 Å². The Morgan fingerprint density at radius 2 is 1.89 bits per heavy atom. The molecule has 0 aromatic heterocycles. The Bertz CT molecular complexity index is 756. The van der Waals surface area contributed by atoms with Crippen molar-refractivity contribution in [2.45, 2.75) is 12.8 Å². The van der Waals surface area contributed by atoms with Crippen LogP contribution in [0.15, 0.2) is 48.5 Å². The maximum absolute atomic E-state index is 10.4. The lowest BCUT2D eigenvalue weighted by Crippen LogP contribution is -2.44. The first-order valence-corrected chi connectivity index (χ1v) is 9.74. The second-order valence-corrected chi connectivity index (χ2v) is 7.41. The molecular formula is C22H30N4O2. The molecule has 1 unspecified atom stereocenters. The molecule has 0 saturated carbocycles. The standard InChI is InChI=1S/C13H19N3O.C9H11NO/c1-15-7-4-8-16(10-9-15)13-14-11-5-2-3-6-12(11)17-13;1-10(2)9-5-3-4-8(6-9)7-11/h2-3,5-6,13-14H,4,7-10H2,1H3;3-7H,1-2H3. The summed E-state index contributed by atoms with van der Waals surface area (Å²) in [4.78, 5) is 17.1. The van der Waals surface area contributed by atoms with Gasteiger partial charge >= 0.3 is 0 Å². The summed E-state index contributed by atoms with van der Waals surface area (Å²) in [5.41, 5.74) is 2.88. The van der Waals surface area contributed by atoms with Gasteiger partial charge in [-0.15, -0.1) is 0 Å². The van der Waals surface area contributed by atoms with Gasteiger partial charge in [0.2, 0.25) is 6.35 Å². The summed E-state index contributed by atoms with van der Waals surface area (Å²) in [7, 11) is 6.08. The Morgan fingerprint density at radius 3 is 2.64 bits per heavy atom. The van der Waals surface area contributed by atoms with E-state index in [1.807, 2.05) is 55.4 Å². The quantitative estimate of drug-likeness (QED) is 0.824. The molecule has 1 saturated heterocycles. The number of nitrogens with zero attached hydrogens (tertiary/aromatic N) is 3. The normalized spacial score (nSPS) is 19.3. The Kier molecular flexibility index (Phi) is 6.90. The Hall–Kier alpha value is -2.57. The minimum Gasteiger partial charge on any atom is -0.455 e. The van der Waals surface area contributed by atoms with Crippen molar-refractivity contribution in [1.82, 2.24) is 9.80 Å². The molecule has 1 atom stereocenters. The first-order valence-electron chi connectivity index (χ1n) is 9.74. The number of rotatable bonds is 3. The van der Waals surface area contributed by atoms with Crippen LogP contribution in [0.25, 0.3) is 0 Å². The van der Waals surface area contributed by atoms with E-state index in [4.69, 9.17) is 4.74 Å². The molecule has 0 spiro atoms. The van der Waals surface area contributed by atoms with Crippen molar-refractivity contribution in [2.75, 3.05) is 57.5 Å². The van der Waals surface area contributed by atoms with Crippen molar-refractivity contribution in [1.29, 1.82) is 0 Å². The van der Waals surface area contributed by atoms with Crippen molar-refractivity contribution in [3.63, 3.8) is 0 Å². The Labute approximate surface area is 167 Å². The highest BCUT2D eigenvalue weighted by Gasteiger charge is 2.28. The van der Waals surface area contributed by atoms with Crippen LogP contribution in [-0.4, -0.2) is 69.8 Å². The number of hydrogen-bond acceptors (Lipinski definition) is 6. The van der Waals surface area contributed by atoms with Crippen molar-refractivity contribution in [2.24, 2.45) is 0 Å². The van der Waals surface area contributed by atoms with Crippen LogP contribution in [0.5, 0.6) is 5.75 Å². The highest BCUT2D eigenvalue weighted by Crippen LogP contribution is 2.32. The molecule has 2 aliphatic heterocycles. The zero-order valence-electron chi connectivity index (χ0n) is 17.0. The van der Waals surface area contributed by atoms with Crippen molar-refractivity contribution in [3.8, 4) is 5.75 Å². The number of nitrogens with one attached hydrogen (secondary N) is 1. The average molecular weight is 383 g/mol. The number of benzene rings is 2. The number of likely N-dealkylation sites (N-methyl/N-ethyl adjacent to an activating group) is 1. The third-order valence-electron chi connectivity index (χ3n) is 5.01. The molecule has 1 N–H and O–H groups in total. The minimum absolute atomic E-state index is 0.0129. The van der Waals surface area contributed by atoms with E-state index in [0.29, 0.717) is 0 Å². The molecule has 2 aromatic rings. The summed E-state index contributed by atoms with van der Waals surface area (Å²) in [6.07, 6.45) is 2.07. The van der Waals surface area contributed by atoms with Gasteiger partial charge in [0.1, 0.15) is 12.0 Å². The molecule has 150 valence electrons. The summed E-state index contributed by atoms with van der Waals surface area (Å²) in [5.74, 6) is 0.968. The Morgan fingerprint density at radius 1 is 1.07 bits per heavy atom. The van der Waals surface area contributed by atoms with Crippen LogP contribution in [0.2, 0.25) is 0 Å². The molecule has 0 amide bonds. The zero-order chi connectivity index (χ0) is 19.9. The molecule has 6 heteroatoms. The van der Waals surface area contributed by atoms with Gasteiger partial charge in [0.15, 0.2) is 0 Å². The molecule has 2 aliphatic rings. The van der Waals surface area contributed by atoms with Gasteiger partial charge < -0.3 is 19.9 Å². The lowest BCUT2D eigenvalue weighted by molar-refractivity contribution is 0.0635. The van der Waals surface area contributed by atoms with Crippen LogP contribution >= 0.6 is 0 Å². The van der Waals surface area contributed by atoms with Crippen LogP contribution in [0.4, 0.5) is 11.4 Å². The monoisotopic (exact) mass is 382 g/mol. The van der Waals surface area contributed by atoms with E-state index >= 15 is 0 Å². The van der Waals surface area contributed by atoms with Crippen molar-refractivity contribution < 1.29 is 9.53 Å². The van der Waals surface area contributed by atoms with Gasteiger partial charge in [-0.1, -0.05) is 24.3 Å². The highest BCUT2D eigenvalue weighted by atomic mass is 16.5. The smallest absolute Gasteiger partial charge is 0.230 e. The SMILES string of the molecule is CN(C)c1cccc(C=O)c1.CN1CCCN(C2Nc3ccccc3O2)CC1. The summed E-state index contributed by atoms with van der Waals surface area (Å²) >= 11 is 0. The molecule has 2 aromatic carbocycles. The molecule has 0 radical (unpaired) electrons. The second kappa shape index (κ2) is 9.57. The van der Waals surface area contributed by atoms with Crippen LogP contribution in [0, 0.1) is 0 Å². The van der Waals surface area contributed by atoms with Crippen LogP contribution in [0.3, 0.4) is 0 Å². The van der Waals surface area contributed by atoms with E-state index in [1.54, 1.807) is 6.07 Å². The molecule has 6 nitrogen and oxygen atoms in total. The van der Waals surface area contributed by atoms with Gasteiger partial charge in [-0.2, -0.15) is 0 Å².